The van der Waals surface area contributed by atoms with Gasteiger partial charge in [-0.25, -0.2) is 9.90 Å². The van der Waals surface area contributed by atoms with E-state index in [0.717, 1.165) is 12.8 Å². The molecule has 0 spiro atoms. The summed E-state index contributed by atoms with van der Waals surface area (Å²) in [7, 11) is 0. The lowest BCUT2D eigenvalue weighted by Gasteiger charge is -2.08. The number of hydrogen-bond donors (Lipinski definition) is 2. The number of para-hydroxylation sites is 1. The molecule has 0 aliphatic heterocycles. The van der Waals surface area contributed by atoms with Gasteiger partial charge in [0.15, 0.2) is 0 Å². The van der Waals surface area contributed by atoms with Crippen molar-refractivity contribution in [2.45, 2.75) is 38.5 Å². The highest BCUT2D eigenvalue weighted by atomic mass is 16.4. The van der Waals surface area contributed by atoms with E-state index in [1.807, 2.05) is 0 Å². The number of amides is 2. The number of nitrogens with one attached hydrogen (secondary N) is 1. The fourth-order valence-electron chi connectivity index (χ4n) is 1.93. The molecule has 0 aliphatic rings. The van der Waals surface area contributed by atoms with Crippen molar-refractivity contribution >= 4 is 23.5 Å². The Bertz CT molecular complexity index is 514. The first kappa shape index (κ1) is 16.7. The monoisotopic (exact) mass is 291 g/mol. The number of hydrogen-bond acceptors (Lipinski definition) is 3. The van der Waals surface area contributed by atoms with Crippen LogP contribution in [0.25, 0.3) is 0 Å². The Morgan fingerprint density at radius 1 is 0.952 bits per heavy atom. The summed E-state index contributed by atoms with van der Waals surface area (Å²) in [6.45, 7) is 0. The summed E-state index contributed by atoms with van der Waals surface area (Å²) in [5, 5.41) is 12.9. The van der Waals surface area contributed by atoms with Crippen molar-refractivity contribution in [2.24, 2.45) is 5.73 Å². The summed E-state index contributed by atoms with van der Waals surface area (Å²) in [4.78, 5) is 33.2. The number of rotatable bonds is 9. The Morgan fingerprint density at radius 3 is 2.19 bits per heavy atom. The zero-order valence-electron chi connectivity index (χ0n) is 11.8. The zero-order chi connectivity index (χ0) is 15.7. The molecule has 2 amide bonds. The molecular weight excluding hydrogens is 272 g/mol. The van der Waals surface area contributed by atoms with Crippen molar-refractivity contribution in [1.82, 2.24) is 0 Å². The number of carbonyl (C=O) groups is 3. The van der Waals surface area contributed by atoms with Crippen LogP contribution in [0.5, 0.6) is 0 Å². The van der Waals surface area contributed by atoms with Gasteiger partial charge in [0, 0.05) is 6.42 Å². The van der Waals surface area contributed by atoms with E-state index < -0.39 is 11.9 Å². The first-order valence-electron chi connectivity index (χ1n) is 6.89. The number of nitrogens with two attached hydrogens (primary N) is 1. The van der Waals surface area contributed by atoms with Crippen LogP contribution in [0, 0.1) is 0 Å². The Balaban J connectivity index is 2.31. The van der Waals surface area contributed by atoms with Crippen LogP contribution >= 0.6 is 0 Å². The van der Waals surface area contributed by atoms with Gasteiger partial charge in [0.05, 0.1) is 17.7 Å². The number of unbranched alkanes of at least 4 members (excludes halogenated alkanes) is 3. The maximum atomic E-state index is 11.8. The molecule has 0 saturated heterocycles. The third-order valence-corrected chi connectivity index (χ3v) is 3.00. The van der Waals surface area contributed by atoms with E-state index in [0.29, 0.717) is 24.9 Å². The topological polar surface area (TPSA) is 109 Å². The average Bonchev–Trinajstić information content (AvgIpc) is 2.42. The SMILES string of the molecule is NC(=O)c1ccccc1NC(=O)CCCCCCC([O])=O. The minimum absolute atomic E-state index is 0.0538. The molecule has 0 aliphatic carbocycles. The summed E-state index contributed by atoms with van der Waals surface area (Å²) in [5.41, 5.74) is 5.91. The summed E-state index contributed by atoms with van der Waals surface area (Å²) in [6, 6.07) is 6.56. The molecule has 0 unspecified atom stereocenters. The molecule has 1 aromatic rings. The lowest BCUT2D eigenvalue weighted by molar-refractivity contribution is -0.143. The van der Waals surface area contributed by atoms with Crippen LogP contribution < -0.4 is 11.1 Å². The van der Waals surface area contributed by atoms with Gasteiger partial charge in [0.1, 0.15) is 0 Å². The van der Waals surface area contributed by atoms with E-state index in [9.17, 15) is 19.5 Å². The first-order valence-corrected chi connectivity index (χ1v) is 6.89. The van der Waals surface area contributed by atoms with Crippen molar-refractivity contribution in [2.75, 3.05) is 5.32 Å². The molecule has 0 aromatic heterocycles. The molecule has 0 atom stereocenters. The van der Waals surface area contributed by atoms with E-state index in [1.54, 1.807) is 24.3 Å². The molecule has 21 heavy (non-hydrogen) atoms. The molecule has 3 N–H and O–H groups in total. The summed E-state index contributed by atoms with van der Waals surface area (Å²) in [6.07, 6.45) is 3.12. The van der Waals surface area contributed by atoms with Crippen LogP contribution in [0.3, 0.4) is 0 Å². The van der Waals surface area contributed by atoms with Gasteiger partial charge < -0.3 is 11.1 Å². The van der Waals surface area contributed by atoms with Crippen molar-refractivity contribution < 1.29 is 19.5 Å². The van der Waals surface area contributed by atoms with Gasteiger partial charge >= 0.3 is 5.97 Å². The fourth-order valence-corrected chi connectivity index (χ4v) is 1.93. The molecular formula is C15H19N2O4. The lowest BCUT2D eigenvalue weighted by Crippen LogP contribution is -2.17. The number of anilines is 1. The Hall–Kier alpha value is -2.37. The minimum Gasteiger partial charge on any atom is -0.366 e. The maximum absolute atomic E-state index is 11.8. The van der Waals surface area contributed by atoms with Crippen molar-refractivity contribution in [3.05, 3.63) is 29.8 Å². The van der Waals surface area contributed by atoms with Gasteiger partial charge in [-0.1, -0.05) is 25.0 Å². The highest BCUT2D eigenvalue weighted by Gasteiger charge is 2.09. The maximum Gasteiger partial charge on any atom is 0.355 e. The second-order valence-electron chi connectivity index (χ2n) is 4.74. The van der Waals surface area contributed by atoms with E-state index in [2.05, 4.69) is 5.32 Å². The van der Waals surface area contributed by atoms with Gasteiger partial charge in [-0.05, 0) is 25.0 Å². The predicted octanol–water partition coefficient (Wildman–Crippen LogP) is 2.02. The largest absolute Gasteiger partial charge is 0.366 e. The second kappa shape index (κ2) is 8.73. The van der Waals surface area contributed by atoms with Crippen LogP contribution in [0.4, 0.5) is 5.69 Å². The molecule has 1 rings (SSSR count). The third-order valence-electron chi connectivity index (χ3n) is 3.00. The third kappa shape index (κ3) is 6.56. The molecule has 0 heterocycles. The molecule has 0 bridgehead atoms. The van der Waals surface area contributed by atoms with Crippen LogP contribution in [0.1, 0.15) is 48.9 Å². The normalized spacial score (nSPS) is 10.1. The number of benzene rings is 1. The van der Waals surface area contributed by atoms with E-state index in [-0.39, 0.29) is 17.9 Å². The molecule has 113 valence electrons. The number of primary amides is 1. The lowest BCUT2D eigenvalue weighted by atomic mass is 10.1. The predicted molar refractivity (Wildman–Crippen MR) is 77.0 cm³/mol. The molecule has 1 aromatic carbocycles. The van der Waals surface area contributed by atoms with Crippen LogP contribution in [-0.4, -0.2) is 17.8 Å². The van der Waals surface area contributed by atoms with Gasteiger partial charge in [0.2, 0.25) is 5.91 Å². The Labute approximate surface area is 123 Å². The van der Waals surface area contributed by atoms with Gasteiger partial charge in [0.25, 0.3) is 5.91 Å². The smallest absolute Gasteiger partial charge is 0.355 e. The summed E-state index contributed by atoms with van der Waals surface area (Å²) < 4.78 is 0. The molecule has 6 heteroatoms. The Morgan fingerprint density at radius 2 is 1.57 bits per heavy atom. The highest BCUT2D eigenvalue weighted by molar-refractivity contribution is 6.02. The van der Waals surface area contributed by atoms with Crippen molar-refractivity contribution in [1.29, 1.82) is 0 Å². The van der Waals surface area contributed by atoms with Crippen molar-refractivity contribution in [3.63, 3.8) is 0 Å². The minimum atomic E-state index is -1.05. The highest BCUT2D eigenvalue weighted by Crippen LogP contribution is 2.15. The zero-order valence-corrected chi connectivity index (χ0v) is 11.8. The molecule has 6 nitrogen and oxygen atoms in total. The van der Waals surface area contributed by atoms with Gasteiger partial charge in [-0.3, -0.25) is 9.59 Å². The number of carbonyl (C=O) groups excluding carboxylic acids is 3. The molecule has 1 radical (unpaired) electrons. The average molecular weight is 291 g/mol. The van der Waals surface area contributed by atoms with Crippen molar-refractivity contribution in [3.8, 4) is 0 Å². The first-order chi connectivity index (χ1) is 10.0. The second-order valence-corrected chi connectivity index (χ2v) is 4.74. The summed E-state index contributed by atoms with van der Waals surface area (Å²) >= 11 is 0. The standard InChI is InChI=1S/C15H19N2O4/c16-15(21)11-7-5-6-8-12(11)17-13(18)9-3-1-2-4-10-14(19)20/h5-8H,1-4,9-10H2,(H2,16,21)(H,17,18). The van der Waals surface area contributed by atoms with E-state index in [1.165, 1.54) is 0 Å². The fraction of sp³-hybridized carbons (Fsp3) is 0.400. The summed E-state index contributed by atoms with van der Waals surface area (Å²) in [5.74, 6) is -1.83. The Kier molecular flexibility index (Phi) is 6.94. The van der Waals surface area contributed by atoms with Gasteiger partial charge in [-0.2, -0.15) is 0 Å². The quantitative estimate of drug-likeness (QED) is 0.679. The van der Waals surface area contributed by atoms with Crippen LogP contribution in [0.2, 0.25) is 0 Å². The van der Waals surface area contributed by atoms with E-state index in [4.69, 9.17) is 5.73 Å². The van der Waals surface area contributed by atoms with Gasteiger partial charge in [-0.15, -0.1) is 0 Å². The molecule has 0 saturated carbocycles. The molecule has 0 fully saturated rings. The van der Waals surface area contributed by atoms with E-state index >= 15 is 0 Å². The van der Waals surface area contributed by atoms with Crippen LogP contribution in [-0.2, 0) is 14.7 Å². The van der Waals surface area contributed by atoms with Crippen LogP contribution in [0.15, 0.2) is 24.3 Å².